The second-order valence-corrected chi connectivity index (χ2v) is 8.61. The van der Waals surface area contributed by atoms with Crippen molar-refractivity contribution in [3.05, 3.63) is 30.2 Å². The van der Waals surface area contributed by atoms with Gasteiger partial charge in [-0.3, -0.25) is 9.59 Å². The molecular formula is C23H33O5. The van der Waals surface area contributed by atoms with Crippen LogP contribution in [-0.2, 0) is 19.1 Å². The summed E-state index contributed by atoms with van der Waals surface area (Å²) in [6.07, 6.45) is 11.4. The van der Waals surface area contributed by atoms with Crippen molar-refractivity contribution in [2.24, 2.45) is 23.7 Å². The first-order valence-corrected chi connectivity index (χ1v) is 10.7. The van der Waals surface area contributed by atoms with Crippen LogP contribution in [0.2, 0.25) is 0 Å². The minimum Gasteiger partial charge on any atom is -0.462 e. The maximum atomic E-state index is 12.4. The molecular weight excluding hydrogens is 356 g/mol. The largest absolute Gasteiger partial charge is 0.462 e. The first-order valence-electron chi connectivity index (χ1n) is 10.7. The van der Waals surface area contributed by atoms with Crippen LogP contribution in [0.15, 0.2) is 23.8 Å². The Labute approximate surface area is 168 Å². The lowest BCUT2D eigenvalue weighted by Gasteiger charge is -2.42. The zero-order valence-electron chi connectivity index (χ0n) is 17.2. The Kier molecular flexibility index (Phi) is 6.97. The minimum atomic E-state index is -0.598. The molecule has 7 atom stereocenters. The highest BCUT2D eigenvalue weighted by Gasteiger charge is 2.41. The smallest absolute Gasteiger partial charge is 0.308 e. The summed E-state index contributed by atoms with van der Waals surface area (Å²) in [5.41, 5.74) is 1.22. The number of esters is 2. The average Bonchev–Trinajstić information content (AvgIpc) is 2.66. The first kappa shape index (κ1) is 21.1. The number of aliphatic hydroxyl groups is 1. The fraction of sp³-hybridized carbons (Fsp3) is 0.696. The third-order valence-electron chi connectivity index (χ3n) is 6.53. The molecule has 1 fully saturated rings. The predicted octanol–water partition coefficient (Wildman–Crippen LogP) is 3.76. The number of carbonyl (C=O) groups excluding carboxylic acids is 2. The van der Waals surface area contributed by atoms with E-state index in [4.69, 9.17) is 9.47 Å². The first-order chi connectivity index (χ1) is 13.4. The van der Waals surface area contributed by atoms with Crippen LogP contribution in [0.1, 0.15) is 59.3 Å². The molecule has 3 rings (SSSR count). The molecule has 0 aromatic carbocycles. The van der Waals surface area contributed by atoms with Crippen LogP contribution in [0.3, 0.4) is 0 Å². The van der Waals surface area contributed by atoms with Gasteiger partial charge in [0, 0.05) is 12.3 Å². The van der Waals surface area contributed by atoms with Gasteiger partial charge in [-0.05, 0) is 49.5 Å². The number of hydrogen-bond donors (Lipinski definition) is 1. The lowest BCUT2D eigenvalue weighted by molar-refractivity contribution is -0.162. The molecule has 1 N–H and O–H groups in total. The van der Waals surface area contributed by atoms with Crippen molar-refractivity contribution < 1.29 is 24.2 Å². The van der Waals surface area contributed by atoms with Gasteiger partial charge in [-0.15, -0.1) is 0 Å². The van der Waals surface area contributed by atoms with Gasteiger partial charge in [0.05, 0.1) is 18.4 Å². The van der Waals surface area contributed by atoms with Crippen molar-refractivity contribution >= 4 is 11.9 Å². The van der Waals surface area contributed by atoms with Crippen LogP contribution >= 0.6 is 0 Å². The van der Waals surface area contributed by atoms with Crippen molar-refractivity contribution in [1.29, 1.82) is 0 Å². The molecule has 155 valence electrons. The monoisotopic (exact) mass is 389 g/mol. The quantitative estimate of drug-likeness (QED) is 0.700. The Bertz CT molecular complexity index is 637. The molecule has 0 spiro atoms. The maximum Gasteiger partial charge on any atom is 0.308 e. The summed E-state index contributed by atoms with van der Waals surface area (Å²) < 4.78 is 11.4. The van der Waals surface area contributed by atoms with Gasteiger partial charge in [-0.1, -0.05) is 39.0 Å². The molecule has 0 unspecified atom stereocenters. The molecule has 0 aromatic rings. The fourth-order valence-corrected chi connectivity index (χ4v) is 4.65. The van der Waals surface area contributed by atoms with Gasteiger partial charge in [-0.25, -0.2) is 0 Å². The Balaban J connectivity index is 1.70. The van der Waals surface area contributed by atoms with Gasteiger partial charge >= 0.3 is 11.9 Å². The zero-order chi connectivity index (χ0) is 20.3. The SMILES string of the molecule is CC[C@H](C)C(=O)O[C@H]1C[CH]C=C2C=C[C@H](C)[C@H](CC[C@@H]3C[C@@H](O)CC(=O)O3)[C@H]21. The van der Waals surface area contributed by atoms with Crippen molar-refractivity contribution in [1.82, 2.24) is 0 Å². The molecule has 1 aliphatic heterocycles. The van der Waals surface area contributed by atoms with Crippen molar-refractivity contribution in [2.45, 2.75) is 77.6 Å². The van der Waals surface area contributed by atoms with Gasteiger partial charge in [0.1, 0.15) is 12.2 Å². The molecule has 5 nitrogen and oxygen atoms in total. The Morgan fingerprint density at radius 3 is 2.89 bits per heavy atom. The molecule has 0 bridgehead atoms. The number of allylic oxidation sites excluding steroid dienone is 3. The maximum absolute atomic E-state index is 12.4. The Hall–Kier alpha value is -1.62. The second-order valence-electron chi connectivity index (χ2n) is 8.61. The highest BCUT2D eigenvalue weighted by atomic mass is 16.5. The van der Waals surface area contributed by atoms with E-state index >= 15 is 0 Å². The summed E-state index contributed by atoms with van der Waals surface area (Å²) in [7, 11) is 0. The number of aliphatic hydroxyl groups excluding tert-OH is 1. The molecule has 28 heavy (non-hydrogen) atoms. The Morgan fingerprint density at radius 1 is 1.39 bits per heavy atom. The van der Waals surface area contributed by atoms with E-state index in [-0.39, 0.29) is 42.4 Å². The summed E-state index contributed by atoms with van der Waals surface area (Å²) in [4.78, 5) is 24.1. The summed E-state index contributed by atoms with van der Waals surface area (Å²) in [5, 5.41) is 9.86. The van der Waals surface area contributed by atoms with Crippen molar-refractivity contribution in [3.8, 4) is 0 Å². The highest BCUT2D eigenvalue weighted by Crippen LogP contribution is 2.44. The number of ether oxygens (including phenoxy) is 2. The summed E-state index contributed by atoms with van der Waals surface area (Å²) in [5.74, 6) is 0.322. The van der Waals surface area contributed by atoms with Gasteiger partial charge in [0.15, 0.2) is 0 Å². The second kappa shape index (κ2) is 9.25. The molecule has 1 heterocycles. The van der Waals surface area contributed by atoms with Gasteiger partial charge < -0.3 is 14.6 Å². The molecule has 0 aromatic heterocycles. The number of carbonyl (C=O) groups is 2. The predicted molar refractivity (Wildman–Crippen MR) is 106 cm³/mol. The molecule has 1 saturated heterocycles. The molecule has 0 amide bonds. The van der Waals surface area contributed by atoms with Gasteiger partial charge in [0.2, 0.25) is 0 Å². The lowest BCUT2D eigenvalue weighted by atomic mass is 9.66. The van der Waals surface area contributed by atoms with Crippen LogP contribution in [0.4, 0.5) is 0 Å². The van der Waals surface area contributed by atoms with Gasteiger partial charge in [0.25, 0.3) is 0 Å². The van der Waals surface area contributed by atoms with E-state index < -0.39 is 6.10 Å². The van der Waals surface area contributed by atoms with E-state index in [0.29, 0.717) is 18.3 Å². The van der Waals surface area contributed by atoms with E-state index in [1.54, 1.807) is 0 Å². The number of hydrogen-bond acceptors (Lipinski definition) is 5. The van der Waals surface area contributed by atoms with Crippen LogP contribution in [0.25, 0.3) is 0 Å². The van der Waals surface area contributed by atoms with Crippen molar-refractivity contribution in [2.75, 3.05) is 0 Å². The molecule has 0 saturated carbocycles. The number of cyclic esters (lactones) is 1. The number of fused-ring (bicyclic) bond motifs is 1. The molecule has 3 aliphatic rings. The van der Waals surface area contributed by atoms with Crippen molar-refractivity contribution in [3.63, 3.8) is 0 Å². The fourth-order valence-electron chi connectivity index (χ4n) is 4.65. The third-order valence-corrected chi connectivity index (χ3v) is 6.53. The third kappa shape index (κ3) is 4.86. The van der Waals surface area contributed by atoms with Crippen LogP contribution in [0.5, 0.6) is 0 Å². The summed E-state index contributed by atoms with van der Waals surface area (Å²) in [6, 6.07) is 0. The lowest BCUT2D eigenvalue weighted by Crippen LogP contribution is -2.41. The van der Waals surface area contributed by atoms with Gasteiger partial charge in [-0.2, -0.15) is 0 Å². The van der Waals surface area contributed by atoms with E-state index in [0.717, 1.165) is 25.7 Å². The molecule has 2 aliphatic carbocycles. The number of rotatable bonds is 6. The Morgan fingerprint density at radius 2 is 2.18 bits per heavy atom. The van der Waals surface area contributed by atoms with E-state index in [9.17, 15) is 14.7 Å². The minimum absolute atomic E-state index is 0.0903. The van der Waals surface area contributed by atoms with Crippen LogP contribution in [0, 0.1) is 30.1 Å². The van der Waals surface area contributed by atoms with E-state index in [1.807, 2.05) is 13.8 Å². The summed E-state index contributed by atoms with van der Waals surface area (Å²) >= 11 is 0. The van der Waals surface area contributed by atoms with E-state index in [1.165, 1.54) is 5.57 Å². The molecule has 1 radical (unpaired) electrons. The standard InChI is InChI=1S/C23H33O5/c1-4-14(2)23(26)28-20-7-5-6-16-9-8-15(3)19(22(16)20)11-10-18-12-17(24)13-21(25)27-18/h5-6,8-9,14-15,17-20,22,24H,4,7,10-13H2,1-3H3/t14-,15-,17+,18+,19-,20-,22-/m0/s1. The molecule has 5 heteroatoms. The summed E-state index contributed by atoms with van der Waals surface area (Å²) in [6.45, 7) is 6.11. The van der Waals surface area contributed by atoms with E-state index in [2.05, 4.69) is 31.6 Å². The normalized spacial score (nSPS) is 36.1. The van der Waals surface area contributed by atoms with Crippen LogP contribution < -0.4 is 0 Å². The van der Waals surface area contributed by atoms with Crippen LogP contribution in [-0.4, -0.2) is 35.4 Å². The highest BCUT2D eigenvalue weighted by molar-refractivity contribution is 5.72. The average molecular weight is 390 g/mol. The topological polar surface area (TPSA) is 72.8 Å². The zero-order valence-corrected chi connectivity index (χ0v) is 17.2.